The molecule has 0 aliphatic rings. The molecule has 0 saturated carbocycles. The first-order valence-electron chi connectivity index (χ1n) is 8.08. The molecule has 1 amide bonds. The van der Waals surface area contributed by atoms with E-state index in [9.17, 15) is 4.79 Å². The normalized spacial score (nSPS) is 11.0. The van der Waals surface area contributed by atoms with Crippen molar-refractivity contribution in [2.75, 3.05) is 0 Å². The van der Waals surface area contributed by atoms with Crippen molar-refractivity contribution in [3.8, 4) is 10.6 Å². The average molecular weight is 383 g/mol. The fourth-order valence-electron chi connectivity index (χ4n) is 2.82. The quantitative estimate of drug-likeness (QED) is 0.510. The fourth-order valence-corrected chi connectivity index (χ4v) is 3.66. The second-order valence-corrected chi connectivity index (χ2v) is 7.22. The molecule has 3 aromatic heterocycles. The first-order valence-corrected chi connectivity index (χ1v) is 9.33. The standard InChI is InChI=1S/C20H15ClN2O2S/c1-12-16(21)7-6-14-15(20(24)22-11-13-4-2-8-25-13)10-17(23-19(12)14)18-5-3-9-26-18/h2-10H,11H2,1H3,(H,22,24). The van der Waals surface area contributed by atoms with Gasteiger partial charge in [0.1, 0.15) is 5.76 Å². The maximum Gasteiger partial charge on any atom is 0.252 e. The van der Waals surface area contributed by atoms with Crippen LogP contribution in [0.1, 0.15) is 21.7 Å². The Labute approximate surface area is 159 Å². The van der Waals surface area contributed by atoms with Gasteiger partial charge in [-0.2, -0.15) is 0 Å². The van der Waals surface area contributed by atoms with Gasteiger partial charge in [0.15, 0.2) is 0 Å². The van der Waals surface area contributed by atoms with Gasteiger partial charge in [-0.1, -0.05) is 23.7 Å². The van der Waals surface area contributed by atoms with Gasteiger partial charge >= 0.3 is 0 Å². The van der Waals surface area contributed by atoms with E-state index in [4.69, 9.17) is 21.0 Å². The zero-order chi connectivity index (χ0) is 18.1. The number of carbonyl (C=O) groups is 1. The molecule has 4 rings (SSSR count). The lowest BCUT2D eigenvalue weighted by Gasteiger charge is -2.12. The van der Waals surface area contributed by atoms with Crippen LogP contribution in [0.2, 0.25) is 5.02 Å². The van der Waals surface area contributed by atoms with E-state index in [-0.39, 0.29) is 5.91 Å². The maximum atomic E-state index is 12.9. The Morgan fingerprint density at radius 2 is 2.15 bits per heavy atom. The molecule has 0 bridgehead atoms. The zero-order valence-corrected chi connectivity index (χ0v) is 15.5. The van der Waals surface area contributed by atoms with E-state index in [0.29, 0.717) is 22.9 Å². The molecule has 0 fully saturated rings. The maximum absolute atomic E-state index is 12.9. The molecule has 130 valence electrons. The summed E-state index contributed by atoms with van der Waals surface area (Å²) in [7, 11) is 0. The summed E-state index contributed by atoms with van der Waals surface area (Å²) in [5, 5.41) is 6.31. The number of amides is 1. The van der Waals surface area contributed by atoms with Crippen molar-refractivity contribution >= 4 is 39.7 Å². The van der Waals surface area contributed by atoms with E-state index >= 15 is 0 Å². The highest BCUT2D eigenvalue weighted by Crippen LogP contribution is 2.31. The van der Waals surface area contributed by atoms with Gasteiger partial charge in [0.25, 0.3) is 5.91 Å². The number of carbonyl (C=O) groups excluding carboxylic acids is 1. The van der Waals surface area contributed by atoms with Gasteiger partial charge in [-0.25, -0.2) is 4.98 Å². The van der Waals surface area contributed by atoms with E-state index < -0.39 is 0 Å². The van der Waals surface area contributed by atoms with E-state index in [0.717, 1.165) is 27.0 Å². The van der Waals surface area contributed by atoms with Crippen LogP contribution >= 0.6 is 22.9 Å². The predicted molar refractivity (Wildman–Crippen MR) is 105 cm³/mol. The summed E-state index contributed by atoms with van der Waals surface area (Å²) in [5.74, 6) is 0.530. The fraction of sp³-hybridized carbons (Fsp3) is 0.100. The Kier molecular flexibility index (Phi) is 4.49. The number of nitrogens with zero attached hydrogens (tertiary/aromatic N) is 1. The summed E-state index contributed by atoms with van der Waals surface area (Å²) in [4.78, 5) is 18.6. The Morgan fingerprint density at radius 1 is 1.27 bits per heavy atom. The van der Waals surface area contributed by atoms with Crippen LogP contribution in [0.4, 0.5) is 0 Å². The summed E-state index contributed by atoms with van der Waals surface area (Å²) in [6, 6.07) is 13.1. The molecule has 1 N–H and O–H groups in total. The van der Waals surface area contributed by atoms with Crippen LogP contribution in [-0.4, -0.2) is 10.9 Å². The number of hydrogen-bond donors (Lipinski definition) is 1. The molecule has 0 aliphatic carbocycles. The van der Waals surface area contributed by atoms with Gasteiger partial charge < -0.3 is 9.73 Å². The van der Waals surface area contributed by atoms with E-state index in [1.54, 1.807) is 29.7 Å². The largest absolute Gasteiger partial charge is 0.467 e. The van der Waals surface area contributed by atoms with E-state index in [1.165, 1.54) is 0 Å². The second-order valence-electron chi connectivity index (χ2n) is 5.86. The first-order chi connectivity index (χ1) is 12.6. The van der Waals surface area contributed by atoms with Gasteiger partial charge in [0, 0.05) is 10.4 Å². The average Bonchev–Trinajstić information content (AvgIpc) is 3.36. The molecule has 0 radical (unpaired) electrons. The van der Waals surface area contributed by atoms with E-state index in [1.807, 2.05) is 42.6 Å². The third-order valence-electron chi connectivity index (χ3n) is 4.19. The lowest BCUT2D eigenvalue weighted by Crippen LogP contribution is -2.23. The Balaban J connectivity index is 1.81. The summed E-state index contributed by atoms with van der Waals surface area (Å²) < 4.78 is 5.28. The van der Waals surface area contributed by atoms with Crippen molar-refractivity contribution in [1.29, 1.82) is 0 Å². The zero-order valence-electron chi connectivity index (χ0n) is 14.0. The van der Waals surface area contributed by atoms with Crippen molar-refractivity contribution in [3.63, 3.8) is 0 Å². The second kappa shape index (κ2) is 6.94. The summed E-state index contributed by atoms with van der Waals surface area (Å²) in [6.07, 6.45) is 1.59. The summed E-state index contributed by atoms with van der Waals surface area (Å²) in [5.41, 5.74) is 2.94. The first kappa shape index (κ1) is 16.8. The van der Waals surface area contributed by atoms with Crippen LogP contribution in [0, 0.1) is 6.92 Å². The highest BCUT2D eigenvalue weighted by atomic mass is 35.5. The minimum absolute atomic E-state index is 0.173. The number of thiophene rings is 1. The molecule has 1 aromatic carbocycles. The highest BCUT2D eigenvalue weighted by molar-refractivity contribution is 7.13. The van der Waals surface area contributed by atoms with Crippen LogP contribution in [0.5, 0.6) is 0 Å². The van der Waals surface area contributed by atoms with Gasteiger partial charge in [-0.3, -0.25) is 4.79 Å². The third-order valence-corrected chi connectivity index (χ3v) is 5.49. The van der Waals surface area contributed by atoms with Crippen molar-refractivity contribution < 1.29 is 9.21 Å². The van der Waals surface area contributed by atoms with Crippen LogP contribution in [0.25, 0.3) is 21.5 Å². The van der Waals surface area contributed by atoms with Crippen LogP contribution in [0.15, 0.2) is 58.5 Å². The number of aryl methyl sites for hydroxylation is 1. The number of benzene rings is 1. The van der Waals surface area contributed by atoms with Crippen molar-refractivity contribution in [2.24, 2.45) is 0 Å². The SMILES string of the molecule is Cc1c(Cl)ccc2c(C(=O)NCc3ccco3)cc(-c3cccs3)nc12. The number of aromatic nitrogens is 1. The summed E-state index contributed by atoms with van der Waals surface area (Å²) in [6.45, 7) is 2.25. The number of rotatable bonds is 4. The third kappa shape index (κ3) is 3.11. The molecule has 0 aliphatic heterocycles. The van der Waals surface area contributed by atoms with E-state index in [2.05, 4.69) is 5.32 Å². The van der Waals surface area contributed by atoms with Crippen LogP contribution in [-0.2, 0) is 6.54 Å². The smallest absolute Gasteiger partial charge is 0.252 e. The molecule has 0 saturated heterocycles. The van der Waals surface area contributed by atoms with Gasteiger partial charge in [0.2, 0.25) is 0 Å². The molecule has 26 heavy (non-hydrogen) atoms. The number of furan rings is 1. The number of fused-ring (bicyclic) bond motifs is 1. The van der Waals surface area contributed by atoms with Gasteiger partial charge in [-0.15, -0.1) is 11.3 Å². The topological polar surface area (TPSA) is 55.1 Å². The van der Waals surface area contributed by atoms with Crippen molar-refractivity contribution in [1.82, 2.24) is 10.3 Å². The summed E-state index contributed by atoms with van der Waals surface area (Å²) >= 11 is 7.86. The molecular formula is C20H15ClN2O2S. The van der Waals surface area contributed by atoms with Crippen molar-refractivity contribution in [2.45, 2.75) is 13.5 Å². The molecular weight excluding hydrogens is 368 g/mol. The highest BCUT2D eigenvalue weighted by Gasteiger charge is 2.17. The lowest BCUT2D eigenvalue weighted by atomic mass is 10.0. The van der Waals surface area contributed by atoms with Crippen LogP contribution in [0.3, 0.4) is 0 Å². The molecule has 4 nitrogen and oxygen atoms in total. The Morgan fingerprint density at radius 3 is 2.88 bits per heavy atom. The van der Waals surface area contributed by atoms with Gasteiger partial charge in [0.05, 0.1) is 34.5 Å². The Hall–Kier alpha value is -2.63. The van der Waals surface area contributed by atoms with Crippen LogP contribution < -0.4 is 5.32 Å². The predicted octanol–water partition coefficient (Wildman–Crippen LogP) is 5.45. The monoisotopic (exact) mass is 382 g/mol. The molecule has 3 heterocycles. The molecule has 0 spiro atoms. The van der Waals surface area contributed by atoms with Gasteiger partial charge in [-0.05, 0) is 48.2 Å². The minimum Gasteiger partial charge on any atom is -0.467 e. The Bertz CT molecular complexity index is 1070. The minimum atomic E-state index is -0.173. The van der Waals surface area contributed by atoms with Crippen molar-refractivity contribution in [3.05, 3.63) is 76.0 Å². The number of hydrogen-bond acceptors (Lipinski definition) is 4. The molecule has 0 unspecified atom stereocenters. The number of nitrogens with one attached hydrogen (secondary N) is 1. The molecule has 6 heteroatoms. The lowest BCUT2D eigenvalue weighted by molar-refractivity contribution is 0.0949. The molecule has 4 aromatic rings. The molecule has 0 atom stereocenters. The number of pyridine rings is 1. The number of halogens is 1.